The summed E-state index contributed by atoms with van der Waals surface area (Å²) in [5, 5.41) is 6.99. The van der Waals surface area contributed by atoms with Crippen molar-refractivity contribution in [1.82, 2.24) is 20.5 Å². The number of benzene rings is 1. The van der Waals surface area contributed by atoms with Gasteiger partial charge < -0.3 is 10.6 Å². The van der Waals surface area contributed by atoms with Crippen molar-refractivity contribution in [1.29, 1.82) is 0 Å². The number of aliphatic imine (C=N–C) groups is 1. The number of pyridine rings is 1. The maximum absolute atomic E-state index is 4.71. The Morgan fingerprint density at radius 2 is 2.00 bits per heavy atom. The van der Waals surface area contributed by atoms with Gasteiger partial charge in [-0.05, 0) is 44.4 Å². The van der Waals surface area contributed by atoms with Gasteiger partial charge in [-0.1, -0.05) is 36.4 Å². The van der Waals surface area contributed by atoms with Crippen LogP contribution in [0.25, 0.3) is 0 Å². The summed E-state index contributed by atoms with van der Waals surface area (Å²) >= 11 is 0. The largest absolute Gasteiger partial charge is 0.357 e. The van der Waals surface area contributed by atoms with Crippen molar-refractivity contribution in [2.45, 2.75) is 51.9 Å². The van der Waals surface area contributed by atoms with Crippen molar-refractivity contribution < 1.29 is 0 Å². The van der Waals surface area contributed by atoms with Crippen molar-refractivity contribution in [3.8, 4) is 0 Å². The second-order valence-electron chi connectivity index (χ2n) is 7.19. The van der Waals surface area contributed by atoms with Gasteiger partial charge in [-0.15, -0.1) is 0 Å². The lowest BCUT2D eigenvalue weighted by Crippen LogP contribution is -2.51. The van der Waals surface area contributed by atoms with Crippen LogP contribution in [0.4, 0.5) is 0 Å². The molecule has 0 aliphatic carbocycles. The van der Waals surface area contributed by atoms with Crippen molar-refractivity contribution in [3.05, 3.63) is 66.0 Å². The summed E-state index contributed by atoms with van der Waals surface area (Å²) in [7, 11) is 0. The maximum atomic E-state index is 4.71. The topological polar surface area (TPSA) is 52.6 Å². The normalized spacial score (nSPS) is 21.0. The predicted octanol–water partition coefficient (Wildman–Crippen LogP) is 3.19. The van der Waals surface area contributed by atoms with Crippen LogP contribution in [0.15, 0.2) is 59.7 Å². The first-order chi connectivity index (χ1) is 13.2. The zero-order valence-corrected chi connectivity index (χ0v) is 16.4. The first-order valence-electron chi connectivity index (χ1n) is 9.97. The Kier molecular flexibility index (Phi) is 7.22. The van der Waals surface area contributed by atoms with E-state index < -0.39 is 0 Å². The van der Waals surface area contributed by atoms with E-state index in [1.807, 2.05) is 24.4 Å². The molecular formula is C22H31N5. The smallest absolute Gasteiger partial charge is 0.191 e. The molecule has 1 aliphatic heterocycles. The highest BCUT2D eigenvalue weighted by atomic mass is 15.2. The van der Waals surface area contributed by atoms with Gasteiger partial charge in [0.1, 0.15) is 0 Å². The molecule has 0 saturated carbocycles. The molecule has 2 heterocycles. The quantitative estimate of drug-likeness (QED) is 0.610. The Balaban J connectivity index is 1.53. The third-order valence-electron chi connectivity index (χ3n) is 5.05. The minimum atomic E-state index is 0.452. The Morgan fingerprint density at radius 1 is 1.19 bits per heavy atom. The van der Waals surface area contributed by atoms with E-state index in [1.54, 1.807) is 0 Å². The molecule has 1 fully saturated rings. The van der Waals surface area contributed by atoms with Crippen LogP contribution in [0, 0.1) is 0 Å². The molecule has 1 aromatic carbocycles. The van der Waals surface area contributed by atoms with Gasteiger partial charge in [0, 0.05) is 37.9 Å². The molecule has 0 bridgehead atoms. The van der Waals surface area contributed by atoms with Gasteiger partial charge in [0.2, 0.25) is 0 Å². The number of likely N-dealkylation sites (tertiary alicyclic amines) is 1. The Bertz CT molecular complexity index is 701. The lowest BCUT2D eigenvalue weighted by molar-refractivity contribution is 0.134. The van der Waals surface area contributed by atoms with Crippen LogP contribution in [0.3, 0.4) is 0 Å². The van der Waals surface area contributed by atoms with Gasteiger partial charge in [0.15, 0.2) is 5.96 Å². The van der Waals surface area contributed by atoms with Crippen LogP contribution in [0.5, 0.6) is 0 Å². The van der Waals surface area contributed by atoms with E-state index in [1.165, 1.54) is 5.56 Å². The van der Waals surface area contributed by atoms with Crippen LogP contribution >= 0.6 is 0 Å². The molecule has 0 amide bonds. The molecule has 2 atom stereocenters. The van der Waals surface area contributed by atoms with E-state index >= 15 is 0 Å². The van der Waals surface area contributed by atoms with Gasteiger partial charge in [0.05, 0.1) is 12.2 Å². The number of hydrogen-bond donors (Lipinski definition) is 2. The first kappa shape index (κ1) is 19.4. The molecule has 27 heavy (non-hydrogen) atoms. The summed E-state index contributed by atoms with van der Waals surface area (Å²) in [5.41, 5.74) is 2.38. The highest BCUT2D eigenvalue weighted by Crippen LogP contribution is 2.20. The summed E-state index contributed by atoms with van der Waals surface area (Å²) in [6.45, 7) is 8.02. The van der Waals surface area contributed by atoms with Crippen molar-refractivity contribution in [2.75, 3.05) is 13.1 Å². The minimum absolute atomic E-state index is 0.452. The fourth-order valence-corrected chi connectivity index (χ4v) is 3.57. The molecule has 5 nitrogen and oxygen atoms in total. The zero-order chi connectivity index (χ0) is 18.9. The van der Waals surface area contributed by atoms with Crippen LogP contribution in [0.1, 0.15) is 37.9 Å². The number of hydrogen-bond acceptors (Lipinski definition) is 3. The van der Waals surface area contributed by atoms with Gasteiger partial charge in [-0.2, -0.15) is 0 Å². The third kappa shape index (κ3) is 6.07. The molecule has 1 saturated heterocycles. The number of piperidine rings is 1. The fourth-order valence-electron chi connectivity index (χ4n) is 3.57. The second kappa shape index (κ2) is 10.1. The molecule has 1 aliphatic rings. The minimum Gasteiger partial charge on any atom is -0.357 e. The molecule has 5 heteroatoms. The maximum Gasteiger partial charge on any atom is 0.191 e. The van der Waals surface area contributed by atoms with E-state index in [4.69, 9.17) is 4.99 Å². The fraction of sp³-hybridized carbons (Fsp3) is 0.455. The van der Waals surface area contributed by atoms with Gasteiger partial charge >= 0.3 is 0 Å². The van der Waals surface area contributed by atoms with Gasteiger partial charge in [-0.3, -0.25) is 9.88 Å². The molecule has 2 N–H and O–H groups in total. The van der Waals surface area contributed by atoms with E-state index in [0.29, 0.717) is 18.6 Å². The van der Waals surface area contributed by atoms with E-state index in [9.17, 15) is 0 Å². The Morgan fingerprint density at radius 3 is 2.70 bits per heavy atom. The standard InChI is InChI=1S/C22H31N5/c1-3-23-22(25-16-21-11-7-8-13-24-21)26-20-12-14-27(18(2)15-20)17-19-9-5-4-6-10-19/h4-11,13,18,20H,3,12,14-17H2,1-2H3,(H2,23,25,26). The van der Waals surface area contributed by atoms with Crippen LogP contribution in [-0.4, -0.2) is 41.0 Å². The van der Waals surface area contributed by atoms with Gasteiger partial charge in [-0.25, -0.2) is 4.99 Å². The van der Waals surface area contributed by atoms with Crippen molar-refractivity contribution in [2.24, 2.45) is 4.99 Å². The highest BCUT2D eigenvalue weighted by molar-refractivity contribution is 5.80. The molecule has 2 aromatic rings. The van der Waals surface area contributed by atoms with E-state index in [-0.39, 0.29) is 0 Å². The number of aromatic nitrogens is 1. The summed E-state index contributed by atoms with van der Waals surface area (Å²) in [6, 6.07) is 17.7. The third-order valence-corrected chi connectivity index (χ3v) is 5.05. The molecule has 144 valence electrons. The average Bonchev–Trinajstić information content (AvgIpc) is 2.70. The lowest BCUT2D eigenvalue weighted by Gasteiger charge is -2.38. The van der Waals surface area contributed by atoms with Gasteiger partial charge in [0.25, 0.3) is 0 Å². The van der Waals surface area contributed by atoms with Crippen LogP contribution < -0.4 is 10.6 Å². The Hall–Kier alpha value is -2.40. The number of nitrogens with one attached hydrogen (secondary N) is 2. The molecule has 3 rings (SSSR count). The van der Waals surface area contributed by atoms with Crippen molar-refractivity contribution >= 4 is 5.96 Å². The Labute approximate surface area is 162 Å². The molecule has 1 aromatic heterocycles. The molecule has 0 radical (unpaired) electrons. The van der Waals surface area contributed by atoms with E-state index in [2.05, 4.69) is 64.7 Å². The summed E-state index contributed by atoms with van der Waals surface area (Å²) in [5.74, 6) is 0.886. The summed E-state index contributed by atoms with van der Waals surface area (Å²) < 4.78 is 0. The summed E-state index contributed by atoms with van der Waals surface area (Å²) in [6.07, 6.45) is 4.07. The molecule has 2 unspecified atom stereocenters. The number of rotatable bonds is 6. The molecule has 0 spiro atoms. The van der Waals surface area contributed by atoms with Crippen molar-refractivity contribution in [3.63, 3.8) is 0 Å². The van der Waals surface area contributed by atoms with Crippen LogP contribution in [0.2, 0.25) is 0 Å². The first-order valence-corrected chi connectivity index (χ1v) is 9.97. The summed E-state index contributed by atoms with van der Waals surface area (Å²) in [4.78, 5) is 11.6. The highest BCUT2D eigenvalue weighted by Gasteiger charge is 2.25. The average molecular weight is 366 g/mol. The van der Waals surface area contributed by atoms with E-state index in [0.717, 1.165) is 44.1 Å². The lowest BCUT2D eigenvalue weighted by atomic mass is 9.97. The monoisotopic (exact) mass is 365 g/mol. The number of nitrogens with zero attached hydrogens (tertiary/aromatic N) is 3. The molecular weight excluding hydrogens is 334 g/mol. The van der Waals surface area contributed by atoms with Crippen LogP contribution in [-0.2, 0) is 13.1 Å². The zero-order valence-electron chi connectivity index (χ0n) is 16.4. The SMILES string of the molecule is CCNC(=NCc1ccccn1)NC1CCN(Cc2ccccc2)C(C)C1. The number of guanidine groups is 1. The second-order valence-corrected chi connectivity index (χ2v) is 7.19. The predicted molar refractivity (Wildman–Crippen MR) is 112 cm³/mol.